The summed E-state index contributed by atoms with van der Waals surface area (Å²) >= 11 is 3.05. The summed E-state index contributed by atoms with van der Waals surface area (Å²) in [6.07, 6.45) is -2.12. The van der Waals surface area contributed by atoms with E-state index in [2.05, 4.69) is 26.6 Å². The molecule has 1 fully saturated rings. The predicted octanol–water partition coefficient (Wildman–Crippen LogP) is 3.55. The van der Waals surface area contributed by atoms with Gasteiger partial charge in [-0.25, -0.2) is 0 Å². The summed E-state index contributed by atoms with van der Waals surface area (Å²) in [6.45, 7) is 0.298. The van der Waals surface area contributed by atoms with E-state index in [4.69, 9.17) is 0 Å². The number of benzene rings is 1. The van der Waals surface area contributed by atoms with Crippen LogP contribution in [0.1, 0.15) is 24.8 Å². The van der Waals surface area contributed by atoms with Crippen LogP contribution in [-0.2, 0) is 11.0 Å². The molecule has 0 unspecified atom stereocenters. The zero-order valence-corrected chi connectivity index (χ0v) is 12.1. The quantitative estimate of drug-likeness (QED) is 0.852. The fourth-order valence-electron chi connectivity index (χ4n) is 1.70. The van der Waals surface area contributed by atoms with Crippen molar-refractivity contribution < 1.29 is 18.0 Å². The highest BCUT2D eigenvalue weighted by atomic mass is 79.9. The van der Waals surface area contributed by atoms with Gasteiger partial charge < -0.3 is 10.6 Å². The number of carbonyl (C=O) groups is 1. The van der Waals surface area contributed by atoms with Crippen molar-refractivity contribution in [1.29, 1.82) is 0 Å². The molecule has 0 saturated heterocycles. The van der Waals surface area contributed by atoms with Crippen molar-refractivity contribution in [1.82, 2.24) is 5.32 Å². The largest absolute Gasteiger partial charge is 0.416 e. The molecule has 110 valence electrons. The zero-order chi connectivity index (χ0) is 14.8. The molecule has 20 heavy (non-hydrogen) atoms. The number of hydrogen-bond acceptors (Lipinski definition) is 2. The molecule has 2 N–H and O–H groups in total. The van der Waals surface area contributed by atoms with Crippen LogP contribution in [-0.4, -0.2) is 18.5 Å². The fraction of sp³-hybridized carbons (Fsp3) is 0.462. The van der Waals surface area contributed by atoms with Gasteiger partial charge in [0.15, 0.2) is 0 Å². The van der Waals surface area contributed by atoms with Crippen LogP contribution >= 0.6 is 15.9 Å². The second-order valence-electron chi connectivity index (χ2n) is 4.74. The van der Waals surface area contributed by atoms with Crippen LogP contribution in [0.25, 0.3) is 0 Å². The highest BCUT2D eigenvalue weighted by Crippen LogP contribution is 2.33. The van der Waals surface area contributed by atoms with Gasteiger partial charge in [0.2, 0.25) is 5.91 Å². The van der Waals surface area contributed by atoms with Crippen molar-refractivity contribution >= 4 is 27.5 Å². The average molecular weight is 351 g/mol. The minimum absolute atomic E-state index is 0.0777. The lowest BCUT2D eigenvalue weighted by atomic mass is 10.2. The summed E-state index contributed by atoms with van der Waals surface area (Å²) in [7, 11) is 0. The number of anilines is 1. The number of halogens is 4. The summed E-state index contributed by atoms with van der Waals surface area (Å²) in [4.78, 5) is 11.4. The van der Waals surface area contributed by atoms with Crippen molar-refractivity contribution in [2.45, 2.75) is 31.5 Å². The van der Waals surface area contributed by atoms with E-state index in [0.717, 1.165) is 25.0 Å². The van der Waals surface area contributed by atoms with Gasteiger partial charge in [0.05, 0.1) is 5.56 Å². The molecule has 1 aliphatic rings. The van der Waals surface area contributed by atoms with Gasteiger partial charge in [-0.05, 0) is 31.0 Å². The van der Waals surface area contributed by atoms with E-state index in [1.165, 1.54) is 0 Å². The smallest absolute Gasteiger partial charge is 0.384 e. The van der Waals surface area contributed by atoms with Gasteiger partial charge in [0, 0.05) is 29.2 Å². The van der Waals surface area contributed by atoms with Crippen molar-refractivity contribution in [2.75, 3.05) is 11.9 Å². The summed E-state index contributed by atoms with van der Waals surface area (Å²) in [6, 6.07) is 3.90. The van der Waals surface area contributed by atoms with Crippen molar-refractivity contribution in [3.63, 3.8) is 0 Å². The highest BCUT2D eigenvalue weighted by molar-refractivity contribution is 9.10. The van der Waals surface area contributed by atoms with E-state index in [-0.39, 0.29) is 12.3 Å². The maximum absolute atomic E-state index is 12.6. The number of hydrogen-bond donors (Lipinski definition) is 2. The molecule has 1 aliphatic carbocycles. The molecule has 1 saturated carbocycles. The Morgan fingerprint density at radius 3 is 2.60 bits per heavy atom. The maximum Gasteiger partial charge on any atom is 0.416 e. The lowest BCUT2D eigenvalue weighted by molar-refractivity contribution is -0.137. The molecule has 1 amide bonds. The Balaban J connectivity index is 1.88. The monoisotopic (exact) mass is 350 g/mol. The number of alkyl halides is 3. The van der Waals surface area contributed by atoms with Crippen LogP contribution < -0.4 is 10.6 Å². The number of carbonyl (C=O) groups excluding carboxylic acids is 1. The maximum atomic E-state index is 12.6. The van der Waals surface area contributed by atoms with E-state index < -0.39 is 11.7 Å². The summed E-state index contributed by atoms with van der Waals surface area (Å²) in [5.41, 5.74) is -0.386. The van der Waals surface area contributed by atoms with E-state index in [0.29, 0.717) is 22.7 Å². The van der Waals surface area contributed by atoms with Crippen LogP contribution in [0.15, 0.2) is 22.7 Å². The summed E-state index contributed by atoms with van der Waals surface area (Å²) in [5, 5.41) is 5.65. The summed E-state index contributed by atoms with van der Waals surface area (Å²) in [5.74, 6) is -0.0777. The molecule has 1 aromatic carbocycles. The van der Waals surface area contributed by atoms with Crippen molar-refractivity contribution in [2.24, 2.45) is 0 Å². The number of amides is 1. The molecule has 7 heteroatoms. The normalized spacial score (nSPS) is 15.0. The molecule has 0 atom stereocenters. The Hall–Kier alpha value is -1.24. The first-order valence-electron chi connectivity index (χ1n) is 6.25. The number of rotatable bonds is 5. The van der Waals surface area contributed by atoms with Gasteiger partial charge in [-0.2, -0.15) is 13.2 Å². The van der Waals surface area contributed by atoms with Gasteiger partial charge >= 0.3 is 6.18 Å². The van der Waals surface area contributed by atoms with Crippen molar-refractivity contribution in [3.8, 4) is 0 Å². The second kappa shape index (κ2) is 6.03. The Bertz CT molecular complexity index is 501. The van der Waals surface area contributed by atoms with Crippen LogP contribution in [0.4, 0.5) is 18.9 Å². The molecule has 0 heterocycles. The Morgan fingerprint density at radius 2 is 2.00 bits per heavy atom. The Labute approximate surface area is 123 Å². The van der Waals surface area contributed by atoms with Gasteiger partial charge in [-0.1, -0.05) is 15.9 Å². The van der Waals surface area contributed by atoms with Gasteiger partial charge in [0.1, 0.15) is 0 Å². The third kappa shape index (κ3) is 4.70. The SMILES string of the molecule is O=C(CCNc1cc(Br)cc(C(F)(F)F)c1)NC1CC1. The molecule has 1 aromatic rings. The molecular formula is C13H14BrF3N2O. The first-order valence-corrected chi connectivity index (χ1v) is 7.05. The number of nitrogens with one attached hydrogen (secondary N) is 2. The third-order valence-electron chi connectivity index (χ3n) is 2.85. The minimum atomic E-state index is -4.39. The van der Waals surface area contributed by atoms with E-state index in [1.807, 2.05) is 0 Å². The lowest BCUT2D eigenvalue weighted by Gasteiger charge is -2.11. The van der Waals surface area contributed by atoms with Crippen LogP contribution in [0.5, 0.6) is 0 Å². The van der Waals surface area contributed by atoms with Gasteiger partial charge in [0.25, 0.3) is 0 Å². The molecule has 0 bridgehead atoms. The predicted molar refractivity (Wildman–Crippen MR) is 73.4 cm³/mol. The second-order valence-corrected chi connectivity index (χ2v) is 5.66. The minimum Gasteiger partial charge on any atom is -0.384 e. The van der Waals surface area contributed by atoms with Gasteiger partial charge in [-0.15, -0.1) is 0 Å². The fourth-order valence-corrected chi connectivity index (χ4v) is 2.20. The Morgan fingerprint density at radius 1 is 1.30 bits per heavy atom. The molecule has 0 spiro atoms. The van der Waals surface area contributed by atoms with Gasteiger partial charge in [-0.3, -0.25) is 4.79 Å². The first-order chi connectivity index (χ1) is 9.34. The molecule has 3 nitrogen and oxygen atoms in total. The first kappa shape index (κ1) is 15.2. The highest BCUT2D eigenvalue weighted by Gasteiger charge is 2.31. The van der Waals surface area contributed by atoms with Crippen molar-refractivity contribution in [3.05, 3.63) is 28.2 Å². The molecule has 0 radical (unpaired) electrons. The molecule has 0 aromatic heterocycles. The van der Waals surface area contributed by atoms with E-state index in [1.54, 1.807) is 6.07 Å². The van der Waals surface area contributed by atoms with Crippen LogP contribution in [0.3, 0.4) is 0 Å². The molecule has 0 aliphatic heterocycles. The standard InChI is InChI=1S/C13H14BrF3N2O/c14-9-5-8(13(15,16)17)6-11(7-9)18-4-3-12(20)19-10-1-2-10/h5-7,10,18H,1-4H2,(H,19,20). The lowest BCUT2D eigenvalue weighted by Crippen LogP contribution is -2.27. The zero-order valence-electron chi connectivity index (χ0n) is 10.6. The topological polar surface area (TPSA) is 41.1 Å². The van der Waals surface area contributed by atoms with Crippen LogP contribution in [0.2, 0.25) is 0 Å². The van der Waals surface area contributed by atoms with E-state index in [9.17, 15) is 18.0 Å². The summed E-state index contributed by atoms with van der Waals surface area (Å²) < 4.78 is 38.3. The average Bonchev–Trinajstić information content (AvgIpc) is 3.11. The van der Waals surface area contributed by atoms with Crippen LogP contribution in [0, 0.1) is 0 Å². The molecular weight excluding hydrogens is 337 g/mol. The molecule has 2 rings (SSSR count). The third-order valence-corrected chi connectivity index (χ3v) is 3.31. The van der Waals surface area contributed by atoms with E-state index >= 15 is 0 Å². The Kier molecular flexibility index (Phi) is 4.57.